The Morgan fingerprint density at radius 1 is 0.839 bits per heavy atom. The van der Waals surface area contributed by atoms with Gasteiger partial charge in [0.1, 0.15) is 0 Å². The summed E-state index contributed by atoms with van der Waals surface area (Å²) >= 11 is 0. The average molecular weight is 434 g/mol. The number of esters is 2. The molecule has 1 aliphatic heterocycles. The van der Waals surface area contributed by atoms with E-state index in [0.29, 0.717) is 22.3 Å². The summed E-state index contributed by atoms with van der Waals surface area (Å²) in [6, 6.07) is 23.3. The van der Waals surface area contributed by atoms with Crippen molar-refractivity contribution in [3.63, 3.8) is 0 Å². The summed E-state index contributed by atoms with van der Waals surface area (Å²) in [6.07, 6.45) is -0.150. The maximum absolute atomic E-state index is 12.7. The van der Waals surface area contributed by atoms with E-state index in [0.717, 1.165) is 6.26 Å². The van der Waals surface area contributed by atoms with Gasteiger partial charge in [0, 0.05) is 6.26 Å². The molecule has 0 fully saturated rings. The van der Waals surface area contributed by atoms with Crippen molar-refractivity contribution in [3.8, 4) is 0 Å². The van der Waals surface area contributed by atoms with E-state index < -0.39 is 28.1 Å². The van der Waals surface area contributed by atoms with Crippen molar-refractivity contribution in [2.45, 2.75) is 11.2 Å². The Kier molecular flexibility index (Phi) is 5.44. The molecule has 7 heteroatoms. The standard InChI is InChI=1S/C24H18O6S/c1-31(27,28)19-14-12-17(13-15-19)21-20(16-8-4-2-5-9-16)23(26)30-24(21)29-22(25)18-10-6-3-7-11-18/h2-15,24H,1H3. The molecule has 3 aromatic rings. The number of hydrogen-bond acceptors (Lipinski definition) is 6. The molecule has 1 heterocycles. The molecule has 0 aliphatic carbocycles. The highest BCUT2D eigenvalue weighted by molar-refractivity contribution is 7.90. The van der Waals surface area contributed by atoms with E-state index >= 15 is 0 Å². The van der Waals surface area contributed by atoms with Crippen LogP contribution < -0.4 is 0 Å². The lowest BCUT2D eigenvalue weighted by Gasteiger charge is -2.16. The summed E-state index contributed by atoms with van der Waals surface area (Å²) in [6.45, 7) is 0. The monoisotopic (exact) mass is 434 g/mol. The van der Waals surface area contributed by atoms with Gasteiger partial charge in [-0.05, 0) is 35.4 Å². The van der Waals surface area contributed by atoms with Crippen LogP contribution in [0.2, 0.25) is 0 Å². The van der Waals surface area contributed by atoms with Crippen molar-refractivity contribution in [1.29, 1.82) is 0 Å². The number of ether oxygens (including phenoxy) is 2. The van der Waals surface area contributed by atoms with E-state index in [2.05, 4.69) is 0 Å². The fraction of sp³-hybridized carbons (Fsp3) is 0.0833. The maximum atomic E-state index is 12.7. The average Bonchev–Trinajstić information content (AvgIpc) is 3.10. The van der Waals surface area contributed by atoms with Crippen molar-refractivity contribution < 1.29 is 27.5 Å². The molecule has 0 N–H and O–H groups in total. The summed E-state index contributed by atoms with van der Waals surface area (Å²) in [5.41, 5.74) is 2.06. The molecule has 4 rings (SSSR count). The maximum Gasteiger partial charge on any atom is 0.342 e. The Morgan fingerprint density at radius 3 is 2.00 bits per heavy atom. The molecular weight excluding hydrogens is 416 g/mol. The Balaban J connectivity index is 1.79. The van der Waals surface area contributed by atoms with Gasteiger partial charge in [-0.2, -0.15) is 0 Å². The van der Waals surface area contributed by atoms with Crippen LogP contribution in [0.15, 0.2) is 89.8 Å². The fourth-order valence-corrected chi connectivity index (χ4v) is 3.94. The number of cyclic esters (lactones) is 1. The van der Waals surface area contributed by atoms with Crippen LogP contribution in [0.1, 0.15) is 21.5 Å². The molecule has 156 valence electrons. The van der Waals surface area contributed by atoms with E-state index in [4.69, 9.17) is 9.47 Å². The summed E-state index contributed by atoms with van der Waals surface area (Å²) in [5, 5.41) is 0. The SMILES string of the molecule is CS(=O)(=O)c1ccc(C2=C(c3ccccc3)C(=O)OC2OC(=O)c2ccccc2)cc1. The van der Waals surface area contributed by atoms with E-state index in [1.165, 1.54) is 12.1 Å². The minimum Gasteiger partial charge on any atom is -0.417 e. The van der Waals surface area contributed by atoms with Gasteiger partial charge in [0.05, 0.1) is 21.6 Å². The van der Waals surface area contributed by atoms with Gasteiger partial charge in [-0.15, -0.1) is 0 Å². The lowest BCUT2D eigenvalue weighted by Crippen LogP contribution is -2.20. The van der Waals surface area contributed by atoms with Crippen LogP contribution in [-0.2, 0) is 24.1 Å². The molecule has 1 aliphatic rings. The Labute approximate surface area is 179 Å². The van der Waals surface area contributed by atoms with Crippen LogP contribution in [0.5, 0.6) is 0 Å². The van der Waals surface area contributed by atoms with Crippen LogP contribution in [0, 0.1) is 0 Å². The van der Waals surface area contributed by atoms with Crippen LogP contribution in [0.25, 0.3) is 11.1 Å². The quantitative estimate of drug-likeness (QED) is 0.569. The van der Waals surface area contributed by atoms with E-state index in [9.17, 15) is 18.0 Å². The summed E-state index contributed by atoms with van der Waals surface area (Å²) in [5.74, 6) is -1.27. The summed E-state index contributed by atoms with van der Waals surface area (Å²) in [7, 11) is -3.39. The number of carbonyl (C=O) groups excluding carboxylic acids is 2. The van der Waals surface area contributed by atoms with Gasteiger partial charge < -0.3 is 9.47 Å². The topological polar surface area (TPSA) is 86.7 Å². The predicted octanol–water partition coefficient (Wildman–Crippen LogP) is 3.74. The zero-order chi connectivity index (χ0) is 22.0. The minimum absolute atomic E-state index is 0.140. The van der Waals surface area contributed by atoms with Crippen molar-refractivity contribution in [2.75, 3.05) is 6.26 Å². The van der Waals surface area contributed by atoms with E-state index in [-0.39, 0.29) is 10.5 Å². The lowest BCUT2D eigenvalue weighted by molar-refractivity contribution is -0.149. The second kappa shape index (κ2) is 8.20. The molecule has 0 bridgehead atoms. The second-order valence-electron chi connectivity index (χ2n) is 6.96. The van der Waals surface area contributed by atoms with Crippen LogP contribution in [-0.4, -0.2) is 32.9 Å². The molecular formula is C24H18O6S. The molecule has 0 amide bonds. The first kappa shape index (κ1) is 20.6. The molecule has 6 nitrogen and oxygen atoms in total. The lowest BCUT2D eigenvalue weighted by atomic mass is 9.96. The highest BCUT2D eigenvalue weighted by Gasteiger charge is 2.38. The third-order valence-electron chi connectivity index (χ3n) is 4.80. The van der Waals surface area contributed by atoms with Crippen molar-refractivity contribution in [2.24, 2.45) is 0 Å². The number of benzene rings is 3. The number of sulfone groups is 1. The van der Waals surface area contributed by atoms with Gasteiger partial charge in [0.15, 0.2) is 9.84 Å². The van der Waals surface area contributed by atoms with E-state index in [1.54, 1.807) is 66.7 Å². The molecule has 1 unspecified atom stereocenters. The van der Waals surface area contributed by atoms with Crippen LogP contribution >= 0.6 is 0 Å². The number of rotatable bonds is 5. The van der Waals surface area contributed by atoms with Crippen molar-refractivity contribution in [3.05, 3.63) is 102 Å². The fourth-order valence-electron chi connectivity index (χ4n) is 3.31. The van der Waals surface area contributed by atoms with Gasteiger partial charge in [-0.25, -0.2) is 18.0 Å². The Bertz CT molecular complexity index is 1260. The predicted molar refractivity (Wildman–Crippen MR) is 115 cm³/mol. The van der Waals surface area contributed by atoms with Crippen molar-refractivity contribution in [1.82, 2.24) is 0 Å². The first-order valence-corrected chi connectivity index (χ1v) is 11.3. The Morgan fingerprint density at radius 2 is 1.42 bits per heavy atom. The largest absolute Gasteiger partial charge is 0.417 e. The smallest absolute Gasteiger partial charge is 0.342 e. The van der Waals surface area contributed by atoms with Gasteiger partial charge >= 0.3 is 11.9 Å². The molecule has 3 aromatic carbocycles. The van der Waals surface area contributed by atoms with Crippen molar-refractivity contribution >= 4 is 32.9 Å². The highest BCUT2D eigenvalue weighted by Crippen LogP contribution is 2.38. The first-order chi connectivity index (χ1) is 14.8. The Hall–Kier alpha value is -3.71. The van der Waals surface area contributed by atoms with Gasteiger partial charge in [-0.3, -0.25) is 0 Å². The van der Waals surface area contributed by atoms with E-state index in [1.807, 2.05) is 6.07 Å². The molecule has 0 aromatic heterocycles. The van der Waals surface area contributed by atoms with Crippen LogP contribution in [0.3, 0.4) is 0 Å². The third kappa shape index (κ3) is 4.27. The molecule has 0 saturated heterocycles. The van der Waals surface area contributed by atoms with Crippen LogP contribution in [0.4, 0.5) is 0 Å². The zero-order valence-electron chi connectivity index (χ0n) is 16.5. The molecule has 1 atom stereocenters. The van der Waals surface area contributed by atoms with Gasteiger partial charge in [0.25, 0.3) is 6.29 Å². The van der Waals surface area contributed by atoms with Gasteiger partial charge in [0.2, 0.25) is 0 Å². The second-order valence-corrected chi connectivity index (χ2v) is 8.98. The third-order valence-corrected chi connectivity index (χ3v) is 5.93. The number of carbonyl (C=O) groups is 2. The van der Waals surface area contributed by atoms with Gasteiger partial charge in [-0.1, -0.05) is 60.7 Å². The highest BCUT2D eigenvalue weighted by atomic mass is 32.2. The summed E-state index contributed by atoms with van der Waals surface area (Å²) in [4.78, 5) is 25.5. The molecule has 0 saturated carbocycles. The molecule has 0 spiro atoms. The zero-order valence-corrected chi connectivity index (χ0v) is 17.3. The first-order valence-electron chi connectivity index (χ1n) is 9.42. The molecule has 31 heavy (non-hydrogen) atoms. The molecule has 0 radical (unpaired) electrons. The minimum atomic E-state index is -3.39. The number of hydrogen-bond donors (Lipinski definition) is 0. The normalized spacial score (nSPS) is 16.2. The summed E-state index contributed by atoms with van der Waals surface area (Å²) < 4.78 is 34.6.